The van der Waals surface area contributed by atoms with E-state index >= 15 is 0 Å². The number of thiazole rings is 1. The Morgan fingerprint density at radius 2 is 2.04 bits per heavy atom. The van der Waals surface area contributed by atoms with Crippen LogP contribution in [0, 0.1) is 5.92 Å². The third-order valence-electron chi connectivity index (χ3n) is 5.50. The third kappa shape index (κ3) is 2.79. The minimum atomic E-state index is 0.0146. The molecule has 3 heterocycles. The number of thiophene rings is 1. The van der Waals surface area contributed by atoms with Gasteiger partial charge in [0.05, 0.1) is 21.1 Å². The Kier molecular flexibility index (Phi) is 4.14. The number of allylic oxidation sites excluding steroid dienone is 2. The molecule has 1 aliphatic carbocycles. The summed E-state index contributed by atoms with van der Waals surface area (Å²) in [6.45, 7) is 1.61. The summed E-state index contributed by atoms with van der Waals surface area (Å²) < 4.78 is 1.21. The highest BCUT2D eigenvalue weighted by atomic mass is 32.1. The van der Waals surface area contributed by atoms with Crippen molar-refractivity contribution in [1.82, 2.24) is 9.88 Å². The average molecular weight is 381 g/mol. The van der Waals surface area contributed by atoms with E-state index in [9.17, 15) is 4.79 Å². The highest BCUT2D eigenvalue weighted by Crippen LogP contribution is 2.40. The van der Waals surface area contributed by atoms with Gasteiger partial charge in [0.1, 0.15) is 0 Å². The molecular weight excluding hydrogens is 360 g/mol. The van der Waals surface area contributed by atoms with Crippen LogP contribution in [0.2, 0.25) is 0 Å². The van der Waals surface area contributed by atoms with Crippen molar-refractivity contribution in [2.45, 2.75) is 31.7 Å². The molecular formula is C21H20N2OS2. The predicted molar refractivity (Wildman–Crippen MR) is 108 cm³/mol. The van der Waals surface area contributed by atoms with Crippen LogP contribution in [0.1, 0.15) is 34.2 Å². The number of benzene rings is 1. The summed E-state index contributed by atoms with van der Waals surface area (Å²) in [5.74, 6) is 0.518. The summed E-state index contributed by atoms with van der Waals surface area (Å²) in [6.07, 6.45) is 7.12. The van der Waals surface area contributed by atoms with Crippen LogP contribution in [-0.4, -0.2) is 22.3 Å². The second-order valence-electron chi connectivity index (χ2n) is 7.05. The number of aromatic nitrogens is 1. The lowest BCUT2D eigenvalue weighted by Crippen LogP contribution is -2.41. The monoisotopic (exact) mass is 380 g/mol. The summed E-state index contributed by atoms with van der Waals surface area (Å²) in [7, 11) is 0. The molecule has 1 aliphatic heterocycles. The van der Waals surface area contributed by atoms with E-state index in [1.807, 2.05) is 17.4 Å². The first-order chi connectivity index (χ1) is 12.8. The summed E-state index contributed by atoms with van der Waals surface area (Å²) in [5, 5.41) is 3.26. The maximum absolute atomic E-state index is 13.4. The highest BCUT2D eigenvalue weighted by molar-refractivity contribution is 7.18. The highest BCUT2D eigenvalue weighted by Gasteiger charge is 2.35. The first kappa shape index (κ1) is 16.2. The minimum absolute atomic E-state index is 0.0146. The van der Waals surface area contributed by atoms with Crippen LogP contribution in [0.3, 0.4) is 0 Å². The predicted octanol–water partition coefficient (Wildman–Crippen LogP) is 4.99. The number of carbonyl (C=O) groups excluding carboxylic acids is 1. The van der Waals surface area contributed by atoms with Crippen LogP contribution in [0.5, 0.6) is 0 Å². The molecule has 0 radical (unpaired) electrons. The first-order valence-electron chi connectivity index (χ1n) is 9.14. The van der Waals surface area contributed by atoms with E-state index in [4.69, 9.17) is 4.98 Å². The Balaban J connectivity index is 1.43. The summed E-state index contributed by atoms with van der Waals surface area (Å²) in [5.41, 5.74) is 2.38. The molecule has 2 unspecified atom stereocenters. The lowest BCUT2D eigenvalue weighted by Gasteiger charge is -2.34. The van der Waals surface area contributed by atoms with E-state index in [-0.39, 0.29) is 11.8 Å². The van der Waals surface area contributed by atoms with Gasteiger partial charge in [0.25, 0.3) is 0 Å². The standard InChI is InChI=1S/C21H20N2OS2/c24-21(23-11-9-18-14(13-23)10-12-25-18)16-6-2-1-5-15(16)20-22-17-7-3-4-8-19(17)26-20/h1-4,7-8,10,12,15-16H,5-6,9,11,13H2. The van der Waals surface area contributed by atoms with Gasteiger partial charge in [-0.1, -0.05) is 24.3 Å². The molecule has 5 heteroatoms. The summed E-state index contributed by atoms with van der Waals surface area (Å²) in [6, 6.07) is 10.4. The molecule has 0 bridgehead atoms. The zero-order chi connectivity index (χ0) is 17.5. The zero-order valence-corrected chi connectivity index (χ0v) is 16.1. The van der Waals surface area contributed by atoms with Gasteiger partial charge in [0.15, 0.2) is 0 Å². The Bertz CT molecular complexity index is 954. The lowest BCUT2D eigenvalue weighted by atomic mass is 9.82. The van der Waals surface area contributed by atoms with Crippen molar-refractivity contribution in [3.8, 4) is 0 Å². The maximum Gasteiger partial charge on any atom is 0.227 e. The number of amides is 1. The van der Waals surface area contributed by atoms with Crippen molar-refractivity contribution in [3.63, 3.8) is 0 Å². The van der Waals surface area contributed by atoms with Crippen LogP contribution >= 0.6 is 22.7 Å². The molecule has 0 N–H and O–H groups in total. The normalized spacial score (nSPS) is 22.5. The molecule has 0 saturated heterocycles. The van der Waals surface area contributed by atoms with Crippen LogP contribution in [0.4, 0.5) is 0 Å². The fourth-order valence-electron chi connectivity index (χ4n) is 4.08. The van der Waals surface area contributed by atoms with E-state index in [1.54, 1.807) is 11.3 Å². The SMILES string of the molecule is O=C(C1CC=CCC1c1nc2ccccc2s1)N1CCc2sccc2C1. The molecule has 0 saturated carbocycles. The molecule has 2 aromatic heterocycles. The Labute approximate surface area is 161 Å². The number of para-hydroxylation sites is 1. The molecule has 3 nitrogen and oxygen atoms in total. The van der Waals surface area contributed by atoms with Gasteiger partial charge in [0, 0.05) is 23.9 Å². The summed E-state index contributed by atoms with van der Waals surface area (Å²) >= 11 is 3.56. The molecule has 0 fully saturated rings. The topological polar surface area (TPSA) is 33.2 Å². The molecule has 3 aromatic rings. The van der Waals surface area contributed by atoms with Gasteiger partial charge in [-0.2, -0.15) is 0 Å². The molecule has 132 valence electrons. The van der Waals surface area contributed by atoms with Gasteiger partial charge in [0.2, 0.25) is 5.91 Å². The van der Waals surface area contributed by atoms with Crippen LogP contribution in [-0.2, 0) is 17.8 Å². The van der Waals surface area contributed by atoms with Crippen molar-refractivity contribution in [2.24, 2.45) is 5.92 Å². The van der Waals surface area contributed by atoms with Gasteiger partial charge < -0.3 is 4.90 Å². The average Bonchev–Trinajstić information content (AvgIpc) is 3.33. The van der Waals surface area contributed by atoms with Crippen molar-refractivity contribution < 1.29 is 4.79 Å². The Morgan fingerprint density at radius 1 is 1.15 bits per heavy atom. The van der Waals surface area contributed by atoms with Crippen LogP contribution in [0.25, 0.3) is 10.2 Å². The molecule has 26 heavy (non-hydrogen) atoms. The van der Waals surface area contributed by atoms with Crippen molar-refractivity contribution >= 4 is 38.8 Å². The minimum Gasteiger partial charge on any atom is -0.338 e. The molecule has 2 atom stereocenters. The number of nitrogens with zero attached hydrogens (tertiary/aromatic N) is 2. The second-order valence-corrected chi connectivity index (χ2v) is 9.12. The Morgan fingerprint density at radius 3 is 2.96 bits per heavy atom. The lowest BCUT2D eigenvalue weighted by molar-refractivity contribution is -0.137. The zero-order valence-electron chi connectivity index (χ0n) is 14.4. The molecule has 1 amide bonds. The van der Waals surface area contributed by atoms with Gasteiger partial charge in [-0.05, 0) is 48.4 Å². The third-order valence-corrected chi connectivity index (χ3v) is 7.69. The Hall–Kier alpha value is -1.98. The number of carbonyl (C=O) groups is 1. The van der Waals surface area contributed by atoms with Gasteiger partial charge in [-0.25, -0.2) is 4.98 Å². The van der Waals surface area contributed by atoms with Crippen LogP contribution < -0.4 is 0 Å². The van der Waals surface area contributed by atoms with E-state index in [1.165, 1.54) is 15.1 Å². The molecule has 2 aliphatic rings. The smallest absolute Gasteiger partial charge is 0.227 e. The van der Waals surface area contributed by atoms with Crippen molar-refractivity contribution in [1.29, 1.82) is 0 Å². The first-order valence-corrected chi connectivity index (χ1v) is 10.8. The van der Waals surface area contributed by atoms with E-state index in [0.717, 1.165) is 42.9 Å². The summed E-state index contributed by atoms with van der Waals surface area (Å²) in [4.78, 5) is 21.7. The maximum atomic E-state index is 13.4. The quantitative estimate of drug-likeness (QED) is 0.587. The second kappa shape index (κ2) is 6.63. The molecule has 5 rings (SSSR count). The van der Waals surface area contributed by atoms with E-state index in [2.05, 4.69) is 46.7 Å². The largest absolute Gasteiger partial charge is 0.338 e. The number of rotatable bonds is 2. The van der Waals surface area contributed by atoms with Crippen LogP contribution in [0.15, 0.2) is 47.9 Å². The fraction of sp³-hybridized carbons (Fsp3) is 0.333. The van der Waals surface area contributed by atoms with Crippen molar-refractivity contribution in [3.05, 3.63) is 63.3 Å². The number of hydrogen-bond acceptors (Lipinski definition) is 4. The van der Waals surface area contributed by atoms with E-state index in [0.29, 0.717) is 5.91 Å². The number of hydrogen-bond donors (Lipinski definition) is 0. The van der Waals surface area contributed by atoms with Crippen molar-refractivity contribution in [2.75, 3.05) is 6.54 Å². The molecule has 1 aromatic carbocycles. The van der Waals surface area contributed by atoms with Gasteiger partial charge >= 0.3 is 0 Å². The fourth-order valence-corrected chi connectivity index (χ4v) is 6.12. The number of fused-ring (bicyclic) bond motifs is 2. The van der Waals surface area contributed by atoms with Gasteiger partial charge in [-0.15, -0.1) is 22.7 Å². The van der Waals surface area contributed by atoms with E-state index < -0.39 is 0 Å². The molecule has 0 spiro atoms. The van der Waals surface area contributed by atoms with Gasteiger partial charge in [-0.3, -0.25) is 4.79 Å².